The van der Waals surface area contributed by atoms with Gasteiger partial charge in [0.15, 0.2) is 0 Å². The molecule has 0 saturated carbocycles. The maximum atomic E-state index is 14.4. The Labute approximate surface area is 280 Å². The van der Waals surface area contributed by atoms with Crippen LogP contribution in [0.1, 0.15) is 33.4 Å². The topological polar surface area (TPSA) is 4.93 Å². The standard InChI is InChI=1S/C41H23F6NS/c42-40(43,44)26-11-7-9-24(21-26)39(25-10-8-12-27(22-25)41(45,46)47)33-23-28(19-20-31(33)38-37(39)32-15-3-6-18-36(32)49-38)48-34-16-4-1-13-29(34)30-14-2-5-17-35(30)48/h1-23H. The smallest absolute Gasteiger partial charge is 0.309 e. The summed E-state index contributed by atoms with van der Waals surface area (Å²) in [5, 5.41) is 2.85. The second-order valence-corrected chi connectivity index (χ2v) is 13.4. The van der Waals surface area contributed by atoms with Gasteiger partial charge in [-0.05, 0) is 75.7 Å². The Hall–Kier alpha value is -5.34. The highest BCUT2D eigenvalue weighted by Gasteiger charge is 2.50. The van der Waals surface area contributed by atoms with Crippen LogP contribution >= 0.6 is 11.3 Å². The number of benzene rings is 6. The molecule has 8 aromatic rings. The van der Waals surface area contributed by atoms with Gasteiger partial charge < -0.3 is 4.57 Å². The Morgan fingerprint density at radius 2 is 1.04 bits per heavy atom. The molecule has 0 atom stereocenters. The highest BCUT2D eigenvalue weighted by molar-refractivity contribution is 7.22. The minimum absolute atomic E-state index is 0.240. The van der Waals surface area contributed by atoms with Crippen LogP contribution < -0.4 is 0 Å². The Morgan fingerprint density at radius 1 is 0.510 bits per heavy atom. The van der Waals surface area contributed by atoms with Crippen molar-refractivity contribution in [3.8, 4) is 16.1 Å². The molecule has 1 nitrogen and oxygen atoms in total. The minimum Gasteiger partial charge on any atom is -0.309 e. The molecule has 0 unspecified atom stereocenters. The molecule has 8 heteroatoms. The average Bonchev–Trinajstić information content (AvgIpc) is 3.74. The van der Waals surface area contributed by atoms with Gasteiger partial charge in [0.05, 0.1) is 27.6 Å². The fourth-order valence-corrected chi connectivity index (χ4v) is 9.05. The normalized spacial score (nSPS) is 14.1. The molecule has 49 heavy (non-hydrogen) atoms. The minimum atomic E-state index is -4.67. The van der Waals surface area contributed by atoms with Gasteiger partial charge in [0.1, 0.15) is 0 Å². The highest BCUT2D eigenvalue weighted by atomic mass is 32.1. The number of hydrogen-bond acceptors (Lipinski definition) is 1. The van der Waals surface area contributed by atoms with Gasteiger partial charge in [0.25, 0.3) is 0 Å². The van der Waals surface area contributed by atoms with Crippen molar-refractivity contribution in [1.29, 1.82) is 0 Å². The molecule has 0 spiro atoms. The predicted molar refractivity (Wildman–Crippen MR) is 183 cm³/mol. The fourth-order valence-electron chi connectivity index (χ4n) is 7.75. The number of alkyl halides is 6. The zero-order chi connectivity index (χ0) is 33.7. The largest absolute Gasteiger partial charge is 0.416 e. The van der Waals surface area contributed by atoms with E-state index in [1.54, 1.807) is 12.1 Å². The predicted octanol–water partition coefficient (Wildman–Crippen LogP) is 12.4. The first kappa shape index (κ1) is 29.8. The Bertz CT molecular complexity index is 2490. The molecule has 1 aliphatic carbocycles. The maximum Gasteiger partial charge on any atom is 0.416 e. The molecular formula is C41H23F6NS. The van der Waals surface area contributed by atoms with Crippen LogP contribution in [0.5, 0.6) is 0 Å². The monoisotopic (exact) mass is 675 g/mol. The number of nitrogens with zero attached hydrogens (tertiary/aromatic N) is 1. The molecule has 0 aliphatic heterocycles. The summed E-state index contributed by atoms with van der Waals surface area (Å²) in [4.78, 5) is 0.819. The molecule has 1 aliphatic rings. The van der Waals surface area contributed by atoms with Crippen LogP contribution in [-0.2, 0) is 17.8 Å². The third-order valence-corrected chi connectivity index (χ3v) is 10.9. The van der Waals surface area contributed by atoms with Gasteiger partial charge in [-0.2, -0.15) is 26.3 Å². The van der Waals surface area contributed by atoms with Crippen LogP contribution in [0.3, 0.4) is 0 Å². The summed E-state index contributed by atoms with van der Waals surface area (Å²) in [7, 11) is 0. The van der Waals surface area contributed by atoms with Crippen LogP contribution in [0.25, 0.3) is 48.0 Å². The molecule has 0 radical (unpaired) electrons. The zero-order valence-corrected chi connectivity index (χ0v) is 26.2. The van der Waals surface area contributed by atoms with Crippen molar-refractivity contribution in [3.63, 3.8) is 0 Å². The van der Waals surface area contributed by atoms with Crippen LogP contribution in [-0.4, -0.2) is 4.57 Å². The molecule has 9 rings (SSSR count). The van der Waals surface area contributed by atoms with Crippen molar-refractivity contribution in [2.75, 3.05) is 0 Å². The summed E-state index contributed by atoms with van der Waals surface area (Å²) in [6.07, 6.45) is -9.34. The number of rotatable bonds is 3. The lowest BCUT2D eigenvalue weighted by Crippen LogP contribution is -2.29. The molecule has 6 aromatic carbocycles. The molecule has 2 heterocycles. The summed E-state index contributed by atoms with van der Waals surface area (Å²) < 4.78 is 89.3. The second-order valence-electron chi connectivity index (χ2n) is 12.3. The van der Waals surface area contributed by atoms with E-state index < -0.39 is 28.9 Å². The number of fused-ring (bicyclic) bond motifs is 8. The van der Waals surface area contributed by atoms with E-state index in [-0.39, 0.29) is 11.1 Å². The van der Waals surface area contributed by atoms with Gasteiger partial charge in [0.2, 0.25) is 0 Å². The van der Waals surface area contributed by atoms with Gasteiger partial charge in [-0.25, -0.2) is 0 Å². The molecular weight excluding hydrogens is 653 g/mol. The van der Waals surface area contributed by atoms with Gasteiger partial charge in [-0.15, -0.1) is 11.3 Å². The van der Waals surface area contributed by atoms with E-state index >= 15 is 0 Å². The van der Waals surface area contributed by atoms with Crippen molar-refractivity contribution in [3.05, 3.63) is 173 Å². The quantitative estimate of drug-likeness (QED) is 0.164. The second kappa shape index (κ2) is 10.3. The molecule has 0 N–H and O–H groups in total. The van der Waals surface area contributed by atoms with E-state index in [9.17, 15) is 26.3 Å². The Balaban J connectivity index is 1.45. The van der Waals surface area contributed by atoms with Gasteiger partial charge in [-0.3, -0.25) is 0 Å². The number of thiophene rings is 1. The van der Waals surface area contributed by atoms with E-state index in [1.165, 1.54) is 23.5 Å². The number of aromatic nitrogens is 1. The van der Waals surface area contributed by atoms with Gasteiger partial charge in [-0.1, -0.05) is 97.1 Å². The van der Waals surface area contributed by atoms with Crippen molar-refractivity contribution in [2.45, 2.75) is 17.8 Å². The zero-order valence-electron chi connectivity index (χ0n) is 25.4. The first-order valence-electron chi connectivity index (χ1n) is 15.6. The first-order chi connectivity index (χ1) is 23.6. The van der Waals surface area contributed by atoms with Crippen molar-refractivity contribution in [1.82, 2.24) is 4.57 Å². The third-order valence-electron chi connectivity index (χ3n) is 9.71. The summed E-state index contributed by atoms with van der Waals surface area (Å²) in [6, 6.07) is 39.5. The van der Waals surface area contributed by atoms with Crippen LogP contribution in [0.2, 0.25) is 0 Å². The lowest BCUT2D eigenvalue weighted by Gasteiger charge is -2.35. The lowest BCUT2D eigenvalue weighted by molar-refractivity contribution is -0.138. The molecule has 0 saturated heterocycles. The Kier molecular flexibility index (Phi) is 6.28. The van der Waals surface area contributed by atoms with Crippen molar-refractivity contribution >= 4 is 43.2 Å². The summed E-state index contributed by atoms with van der Waals surface area (Å²) >= 11 is 1.50. The molecule has 0 fully saturated rings. The maximum absolute atomic E-state index is 14.4. The van der Waals surface area contributed by atoms with Gasteiger partial charge in [0, 0.05) is 26.0 Å². The van der Waals surface area contributed by atoms with E-state index in [2.05, 4.69) is 4.57 Å². The highest BCUT2D eigenvalue weighted by Crippen LogP contribution is 2.61. The van der Waals surface area contributed by atoms with Crippen LogP contribution in [0.15, 0.2) is 140 Å². The molecule has 0 amide bonds. The number of halogens is 6. The van der Waals surface area contributed by atoms with E-state index in [0.29, 0.717) is 11.1 Å². The molecule has 0 bridgehead atoms. The lowest BCUT2D eigenvalue weighted by atomic mass is 9.66. The molecule has 2 aromatic heterocycles. The number of para-hydroxylation sites is 2. The summed E-state index contributed by atoms with van der Waals surface area (Å²) in [5.74, 6) is 0. The van der Waals surface area contributed by atoms with Gasteiger partial charge >= 0.3 is 12.4 Å². The van der Waals surface area contributed by atoms with E-state index in [4.69, 9.17) is 0 Å². The SMILES string of the molecule is FC(F)(F)c1cccc(C2(c3cccc(C(F)(F)F)c3)c3cc(-n4c5ccccc5c5ccccc54)ccc3-c3sc4ccccc4c32)c1. The van der Waals surface area contributed by atoms with Crippen LogP contribution in [0.4, 0.5) is 26.3 Å². The Morgan fingerprint density at radius 3 is 1.61 bits per heavy atom. The average molecular weight is 676 g/mol. The van der Waals surface area contributed by atoms with E-state index in [0.717, 1.165) is 72.3 Å². The summed E-state index contributed by atoms with van der Waals surface area (Å²) in [6.45, 7) is 0. The first-order valence-corrected chi connectivity index (χ1v) is 16.4. The van der Waals surface area contributed by atoms with E-state index in [1.807, 2.05) is 91.0 Å². The summed E-state index contributed by atoms with van der Waals surface area (Å²) in [5.41, 5.74) is 1.93. The fraction of sp³-hybridized carbons (Fsp3) is 0.0732. The van der Waals surface area contributed by atoms with Crippen molar-refractivity contribution in [2.24, 2.45) is 0 Å². The number of hydrogen-bond donors (Lipinski definition) is 0. The van der Waals surface area contributed by atoms with Crippen LogP contribution in [0, 0.1) is 0 Å². The third kappa shape index (κ3) is 4.26. The van der Waals surface area contributed by atoms with Crippen molar-refractivity contribution < 1.29 is 26.3 Å². The molecule has 240 valence electrons.